The zero-order valence-corrected chi connectivity index (χ0v) is 13.7. The summed E-state index contributed by atoms with van der Waals surface area (Å²) in [6, 6.07) is 6.62. The zero-order chi connectivity index (χ0) is 18.4. The lowest BCUT2D eigenvalue weighted by molar-refractivity contribution is -0.134. The van der Waals surface area contributed by atoms with Gasteiger partial charge in [-0.05, 0) is 24.1 Å². The van der Waals surface area contributed by atoms with E-state index in [2.05, 4.69) is 9.28 Å². The molecule has 1 saturated carbocycles. The normalized spacial score (nSPS) is 23.0. The Morgan fingerprint density at radius 2 is 1.88 bits per heavy atom. The predicted molar refractivity (Wildman–Crippen MR) is 78.6 cm³/mol. The van der Waals surface area contributed by atoms with Crippen molar-refractivity contribution in [2.24, 2.45) is 16.9 Å². The number of hydrazone groups is 1. The molecular formula is C14H13F3N2O5S. The number of ether oxygens (including phenoxy) is 1. The first kappa shape index (κ1) is 17.5. The summed E-state index contributed by atoms with van der Waals surface area (Å²) in [5.74, 6) is -1.71. The third-order valence-electron chi connectivity index (χ3n) is 3.87. The average Bonchev–Trinajstić information content (AvgIpc) is 3.32. The van der Waals surface area contributed by atoms with Gasteiger partial charge in [0.1, 0.15) is 5.75 Å². The van der Waals surface area contributed by atoms with Crippen LogP contribution in [0.5, 0.6) is 5.75 Å². The summed E-state index contributed by atoms with van der Waals surface area (Å²) in [5, 5.41) is 4.62. The largest absolute Gasteiger partial charge is 0.534 e. The molecule has 1 aliphatic carbocycles. The van der Waals surface area contributed by atoms with Gasteiger partial charge >= 0.3 is 15.6 Å². The maximum atomic E-state index is 12.5. The minimum Gasteiger partial charge on any atom is -0.497 e. The van der Waals surface area contributed by atoms with Crippen molar-refractivity contribution >= 4 is 21.9 Å². The van der Waals surface area contributed by atoms with Crippen LogP contribution in [0.4, 0.5) is 13.2 Å². The summed E-state index contributed by atoms with van der Waals surface area (Å²) < 4.78 is 68.8. The van der Waals surface area contributed by atoms with Crippen LogP contribution in [0.25, 0.3) is 0 Å². The van der Waals surface area contributed by atoms with Crippen molar-refractivity contribution in [3.63, 3.8) is 0 Å². The van der Waals surface area contributed by atoms with Crippen LogP contribution in [0.15, 0.2) is 29.4 Å². The highest BCUT2D eigenvalue weighted by Crippen LogP contribution is 2.45. The van der Waals surface area contributed by atoms with Crippen molar-refractivity contribution in [1.29, 1.82) is 0 Å². The number of benzene rings is 1. The molecule has 0 spiro atoms. The lowest BCUT2D eigenvalue weighted by Gasteiger charge is -2.23. The molecule has 0 radical (unpaired) electrons. The number of hydrogen-bond donors (Lipinski definition) is 0. The number of nitrogens with zero attached hydrogens (tertiary/aromatic N) is 2. The third kappa shape index (κ3) is 3.41. The Morgan fingerprint density at radius 1 is 1.24 bits per heavy atom. The number of fused-ring (bicyclic) bond motifs is 1. The molecule has 2 aliphatic rings. The van der Waals surface area contributed by atoms with E-state index in [1.54, 1.807) is 24.3 Å². The molecule has 1 aliphatic heterocycles. The Bertz CT molecular complexity index is 820. The van der Waals surface area contributed by atoms with Gasteiger partial charge in [-0.25, -0.2) is 5.01 Å². The van der Waals surface area contributed by atoms with Gasteiger partial charge in [-0.3, -0.25) is 4.79 Å². The molecule has 1 fully saturated rings. The first-order chi connectivity index (χ1) is 11.6. The molecule has 11 heteroatoms. The second kappa shape index (κ2) is 5.90. The SMILES string of the molecule is COc1ccc(CN2N=C(OS(=O)(=O)C(F)(F)F)C3CC3C2=O)cc1. The van der Waals surface area contributed by atoms with Crippen LogP contribution >= 0.6 is 0 Å². The lowest BCUT2D eigenvalue weighted by Crippen LogP contribution is -2.37. The monoisotopic (exact) mass is 378 g/mol. The molecule has 136 valence electrons. The number of rotatable bonds is 4. The van der Waals surface area contributed by atoms with Gasteiger partial charge in [-0.15, -0.1) is 5.10 Å². The predicted octanol–water partition coefficient (Wildman–Crippen LogP) is 1.85. The first-order valence-corrected chi connectivity index (χ1v) is 8.57. The summed E-state index contributed by atoms with van der Waals surface area (Å²) in [5.41, 5.74) is -4.91. The Morgan fingerprint density at radius 3 is 2.44 bits per heavy atom. The van der Waals surface area contributed by atoms with Gasteiger partial charge in [0.25, 0.3) is 0 Å². The van der Waals surface area contributed by atoms with Crippen molar-refractivity contribution in [3.05, 3.63) is 29.8 Å². The standard InChI is InChI=1S/C14H13F3N2O5S/c1-23-9-4-2-8(3-5-9)7-19-13(20)11-6-10(11)12(18-19)24-25(21,22)14(15,16)17/h2-5,10-11H,6-7H2,1H3. The van der Waals surface area contributed by atoms with Gasteiger partial charge < -0.3 is 8.92 Å². The van der Waals surface area contributed by atoms with Crippen LogP contribution in [0.2, 0.25) is 0 Å². The van der Waals surface area contributed by atoms with Gasteiger partial charge in [0, 0.05) is 0 Å². The zero-order valence-electron chi connectivity index (χ0n) is 12.9. The second-order valence-corrected chi connectivity index (χ2v) is 7.15. The molecule has 1 heterocycles. The molecule has 1 aromatic rings. The highest BCUT2D eigenvalue weighted by atomic mass is 32.2. The van der Waals surface area contributed by atoms with E-state index in [0.29, 0.717) is 11.3 Å². The molecule has 0 N–H and O–H groups in total. The van der Waals surface area contributed by atoms with Crippen molar-refractivity contribution in [3.8, 4) is 5.75 Å². The fraction of sp³-hybridized carbons (Fsp3) is 0.429. The highest BCUT2D eigenvalue weighted by Gasteiger charge is 2.57. The van der Waals surface area contributed by atoms with E-state index in [-0.39, 0.29) is 18.9 Å². The molecule has 0 saturated heterocycles. The third-order valence-corrected chi connectivity index (χ3v) is 4.83. The number of alkyl halides is 3. The second-order valence-electron chi connectivity index (χ2n) is 5.61. The van der Waals surface area contributed by atoms with E-state index in [1.807, 2.05) is 0 Å². The first-order valence-electron chi connectivity index (χ1n) is 7.16. The molecule has 1 aromatic carbocycles. The van der Waals surface area contributed by atoms with Crippen LogP contribution in [-0.4, -0.2) is 37.8 Å². The van der Waals surface area contributed by atoms with E-state index in [0.717, 1.165) is 5.01 Å². The van der Waals surface area contributed by atoms with Crippen molar-refractivity contribution in [1.82, 2.24) is 5.01 Å². The molecule has 3 rings (SSSR count). The Labute approximate surface area is 141 Å². The van der Waals surface area contributed by atoms with Crippen LogP contribution in [0, 0.1) is 11.8 Å². The minimum absolute atomic E-state index is 0.0228. The number of carbonyl (C=O) groups is 1. The van der Waals surface area contributed by atoms with Crippen molar-refractivity contribution in [2.45, 2.75) is 18.5 Å². The smallest absolute Gasteiger partial charge is 0.497 e. The number of amides is 1. The van der Waals surface area contributed by atoms with Crippen LogP contribution in [0.1, 0.15) is 12.0 Å². The summed E-state index contributed by atoms with van der Waals surface area (Å²) in [7, 11) is -4.32. The van der Waals surface area contributed by atoms with E-state index in [9.17, 15) is 26.4 Å². The summed E-state index contributed by atoms with van der Waals surface area (Å²) in [6.45, 7) is -0.0228. The summed E-state index contributed by atoms with van der Waals surface area (Å²) in [4.78, 5) is 12.2. The minimum atomic E-state index is -5.81. The fourth-order valence-electron chi connectivity index (χ4n) is 2.43. The maximum absolute atomic E-state index is 12.5. The molecule has 2 atom stereocenters. The van der Waals surface area contributed by atoms with Gasteiger partial charge in [0.05, 0.1) is 25.5 Å². The van der Waals surface area contributed by atoms with Gasteiger partial charge in [0.2, 0.25) is 11.8 Å². The number of methoxy groups -OCH3 is 1. The summed E-state index contributed by atoms with van der Waals surface area (Å²) in [6.07, 6.45) is 0.212. The number of carbonyl (C=O) groups excluding carboxylic acids is 1. The quantitative estimate of drug-likeness (QED) is 0.590. The van der Waals surface area contributed by atoms with E-state index in [4.69, 9.17) is 4.74 Å². The van der Waals surface area contributed by atoms with Crippen LogP contribution in [0.3, 0.4) is 0 Å². The Hall–Kier alpha value is -2.30. The molecule has 7 nitrogen and oxygen atoms in total. The maximum Gasteiger partial charge on any atom is 0.534 e. The number of halogens is 3. The number of hydrogen-bond acceptors (Lipinski definition) is 6. The topological polar surface area (TPSA) is 85.3 Å². The molecule has 0 bridgehead atoms. The van der Waals surface area contributed by atoms with Gasteiger partial charge in [-0.2, -0.15) is 21.6 Å². The van der Waals surface area contributed by atoms with E-state index < -0.39 is 33.4 Å². The molecule has 1 amide bonds. The lowest BCUT2D eigenvalue weighted by atomic mass is 10.2. The molecule has 2 unspecified atom stereocenters. The molecule has 0 aromatic heterocycles. The van der Waals surface area contributed by atoms with Gasteiger partial charge in [0.15, 0.2) is 0 Å². The summed E-state index contributed by atoms with van der Waals surface area (Å²) >= 11 is 0. The van der Waals surface area contributed by atoms with Crippen molar-refractivity contribution < 1.29 is 35.3 Å². The van der Waals surface area contributed by atoms with Gasteiger partial charge in [-0.1, -0.05) is 12.1 Å². The fourth-order valence-corrected chi connectivity index (χ4v) is 2.91. The Kier molecular flexibility index (Phi) is 4.13. The van der Waals surface area contributed by atoms with Crippen LogP contribution in [-0.2, 0) is 25.6 Å². The van der Waals surface area contributed by atoms with Crippen molar-refractivity contribution in [2.75, 3.05) is 7.11 Å². The Balaban J connectivity index is 1.80. The molecular weight excluding hydrogens is 365 g/mol. The van der Waals surface area contributed by atoms with E-state index >= 15 is 0 Å². The highest BCUT2D eigenvalue weighted by molar-refractivity contribution is 7.88. The van der Waals surface area contributed by atoms with Crippen LogP contribution < -0.4 is 4.74 Å². The molecule has 25 heavy (non-hydrogen) atoms. The average molecular weight is 378 g/mol. The van der Waals surface area contributed by atoms with E-state index in [1.165, 1.54) is 7.11 Å².